The Hall–Kier alpha value is -1.02. The van der Waals surface area contributed by atoms with Gasteiger partial charge in [0, 0.05) is 18.7 Å². The standard InChI is InChI=1S/C10H10ClNO/c1-6-2-3-7-9(10(6)11)8(13)4-5-12-7/h2-3,12H,4-5H2,1H3. The maximum Gasteiger partial charge on any atom is 0.168 e. The summed E-state index contributed by atoms with van der Waals surface area (Å²) in [5, 5.41) is 3.75. The number of aryl methyl sites for hydroxylation is 1. The number of hydrogen-bond acceptors (Lipinski definition) is 2. The molecule has 0 atom stereocenters. The zero-order valence-electron chi connectivity index (χ0n) is 7.36. The molecule has 3 heteroatoms. The molecule has 68 valence electrons. The molecule has 2 rings (SSSR count). The van der Waals surface area contributed by atoms with Crippen LogP contribution >= 0.6 is 11.6 Å². The van der Waals surface area contributed by atoms with E-state index in [1.807, 2.05) is 19.1 Å². The van der Waals surface area contributed by atoms with Gasteiger partial charge in [0.05, 0.1) is 10.6 Å². The van der Waals surface area contributed by atoms with Crippen LogP contribution in [0.2, 0.25) is 5.02 Å². The van der Waals surface area contributed by atoms with Crippen LogP contribution in [0.3, 0.4) is 0 Å². The predicted octanol–water partition coefficient (Wildman–Crippen LogP) is 2.65. The van der Waals surface area contributed by atoms with E-state index >= 15 is 0 Å². The van der Waals surface area contributed by atoms with Gasteiger partial charge in [0.2, 0.25) is 0 Å². The summed E-state index contributed by atoms with van der Waals surface area (Å²) >= 11 is 6.05. The monoisotopic (exact) mass is 195 g/mol. The first-order chi connectivity index (χ1) is 6.20. The van der Waals surface area contributed by atoms with Crippen LogP contribution in [0.5, 0.6) is 0 Å². The molecule has 0 spiro atoms. The molecule has 0 saturated carbocycles. The van der Waals surface area contributed by atoms with Crippen LogP contribution in [-0.2, 0) is 0 Å². The lowest BCUT2D eigenvalue weighted by atomic mass is 10.00. The van der Waals surface area contributed by atoms with Crippen LogP contribution in [0.15, 0.2) is 12.1 Å². The van der Waals surface area contributed by atoms with E-state index in [1.54, 1.807) is 0 Å². The minimum atomic E-state index is 0.141. The number of ketones is 1. The summed E-state index contributed by atoms with van der Waals surface area (Å²) in [6, 6.07) is 3.83. The van der Waals surface area contributed by atoms with Gasteiger partial charge >= 0.3 is 0 Å². The Labute approximate surface area is 81.9 Å². The van der Waals surface area contributed by atoms with Crippen LogP contribution in [-0.4, -0.2) is 12.3 Å². The molecule has 1 N–H and O–H groups in total. The van der Waals surface area contributed by atoms with Crippen LogP contribution in [0.1, 0.15) is 22.3 Å². The highest BCUT2D eigenvalue weighted by atomic mass is 35.5. The molecule has 1 aromatic carbocycles. The van der Waals surface area contributed by atoms with E-state index in [0.717, 1.165) is 11.3 Å². The second-order valence-corrected chi connectivity index (χ2v) is 3.60. The molecular weight excluding hydrogens is 186 g/mol. The number of carbonyl (C=O) groups is 1. The number of hydrogen-bond donors (Lipinski definition) is 1. The summed E-state index contributed by atoms with van der Waals surface area (Å²) in [4.78, 5) is 11.5. The van der Waals surface area contributed by atoms with Gasteiger partial charge in [-0.15, -0.1) is 0 Å². The highest BCUT2D eigenvalue weighted by Gasteiger charge is 2.20. The molecule has 1 heterocycles. The van der Waals surface area contributed by atoms with Crippen molar-refractivity contribution in [3.05, 3.63) is 28.3 Å². The molecule has 0 aromatic heterocycles. The van der Waals surface area contributed by atoms with Crippen LogP contribution < -0.4 is 5.32 Å². The first-order valence-electron chi connectivity index (χ1n) is 4.26. The average molecular weight is 196 g/mol. The van der Waals surface area contributed by atoms with E-state index in [4.69, 9.17) is 11.6 Å². The molecule has 2 nitrogen and oxygen atoms in total. The number of anilines is 1. The van der Waals surface area contributed by atoms with Gasteiger partial charge < -0.3 is 5.32 Å². The summed E-state index contributed by atoms with van der Waals surface area (Å²) in [6.45, 7) is 2.62. The zero-order chi connectivity index (χ0) is 9.42. The number of Topliss-reactive ketones (excluding diaryl/α,β-unsaturated/α-hetero) is 1. The number of rotatable bonds is 0. The van der Waals surface area contributed by atoms with E-state index in [2.05, 4.69) is 5.32 Å². The summed E-state index contributed by atoms with van der Waals surface area (Å²) in [7, 11) is 0. The molecule has 0 bridgehead atoms. The van der Waals surface area contributed by atoms with Gasteiger partial charge in [-0.3, -0.25) is 4.79 Å². The van der Waals surface area contributed by atoms with Crippen molar-refractivity contribution in [2.75, 3.05) is 11.9 Å². The average Bonchev–Trinajstić information content (AvgIpc) is 2.12. The minimum Gasteiger partial charge on any atom is -0.384 e. The third-order valence-electron chi connectivity index (χ3n) is 2.28. The fourth-order valence-corrected chi connectivity index (χ4v) is 1.81. The second kappa shape index (κ2) is 3.04. The number of carbonyl (C=O) groups excluding carboxylic acids is 1. The predicted molar refractivity (Wildman–Crippen MR) is 53.6 cm³/mol. The molecule has 0 unspecified atom stereocenters. The van der Waals surface area contributed by atoms with Gasteiger partial charge in [0.25, 0.3) is 0 Å². The molecule has 0 aliphatic carbocycles. The molecule has 1 aliphatic heterocycles. The maximum absolute atomic E-state index is 11.5. The van der Waals surface area contributed by atoms with Gasteiger partial charge in [-0.05, 0) is 18.6 Å². The number of benzene rings is 1. The normalized spacial score (nSPS) is 15.1. The van der Waals surface area contributed by atoms with Gasteiger partial charge in [-0.2, -0.15) is 0 Å². The fourth-order valence-electron chi connectivity index (χ4n) is 1.54. The van der Waals surface area contributed by atoms with Crippen molar-refractivity contribution >= 4 is 23.1 Å². The quantitative estimate of drug-likeness (QED) is 0.690. The van der Waals surface area contributed by atoms with Crippen LogP contribution in [0.25, 0.3) is 0 Å². The second-order valence-electron chi connectivity index (χ2n) is 3.22. The Bertz CT molecular complexity index is 373. The lowest BCUT2D eigenvalue weighted by molar-refractivity contribution is 0.0984. The highest BCUT2D eigenvalue weighted by Crippen LogP contribution is 2.31. The Morgan fingerprint density at radius 1 is 1.46 bits per heavy atom. The lowest BCUT2D eigenvalue weighted by Crippen LogP contribution is -2.18. The Kier molecular flexibility index (Phi) is 2.00. The van der Waals surface area contributed by atoms with Gasteiger partial charge in [-0.25, -0.2) is 0 Å². The van der Waals surface area contributed by atoms with Crippen molar-refractivity contribution in [1.82, 2.24) is 0 Å². The molecule has 13 heavy (non-hydrogen) atoms. The van der Waals surface area contributed by atoms with E-state index in [-0.39, 0.29) is 5.78 Å². The Balaban J connectivity index is 2.65. The van der Waals surface area contributed by atoms with Gasteiger partial charge in [0.1, 0.15) is 0 Å². The van der Waals surface area contributed by atoms with Crippen molar-refractivity contribution in [2.45, 2.75) is 13.3 Å². The Morgan fingerprint density at radius 2 is 2.23 bits per heavy atom. The number of fused-ring (bicyclic) bond motifs is 1. The minimum absolute atomic E-state index is 0.141. The molecular formula is C10H10ClNO. The first kappa shape index (κ1) is 8.57. The van der Waals surface area contributed by atoms with E-state index in [9.17, 15) is 4.79 Å². The third kappa shape index (κ3) is 1.31. The summed E-state index contributed by atoms with van der Waals surface area (Å²) in [5.41, 5.74) is 2.48. The molecule has 1 aromatic rings. The summed E-state index contributed by atoms with van der Waals surface area (Å²) in [5.74, 6) is 0.141. The summed E-state index contributed by atoms with van der Waals surface area (Å²) in [6.07, 6.45) is 0.538. The van der Waals surface area contributed by atoms with Crippen molar-refractivity contribution in [3.63, 3.8) is 0 Å². The lowest BCUT2D eigenvalue weighted by Gasteiger charge is -2.18. The maximum atomic E-state index is 11.5. The number of halogens is 1. The van der Waals surface area contributed by atoms with Gasteiger partial charge in [0.15, 0.2) is 5.78 Å². The molecule has 0 fully saturated rings. The molecule has 0 radical (unpaired) electrons. The highest BCUT2D eigenvalue weighted by molar-refractivity contribution is 6.35. The van der Waals surface area contributed by atoms with Gasteiger partial charge in [-0.1, -0.05) is 17.7 Å². The zero-order valence-corrected chi connectivity index (χ0v) is 8.11. The fraction of sp³-hybridized carbons (Fsp3) is 0.300. The Morgan fingerprint density at radius 3 is 3.00 bits per heavy atom. The smallest absolute Gasteiger partial charge is 0.168 e. The van der Waals surface area contributed by atoms with Crippen molar-refractivity contribution in [2.24, 2.45) is 0 Å². The van der Waals surface area contributed by atoms with Crippen molar-refractivity contribution < 1.29 is 4.79 Å². The largest absolute Gasteiger partial charge is 0.384 e. The topological polar surface area (TPSA) is 29.1 Å². The van der Waals surface area contributed by atoms with Crippen LogP contribution in [0, 0.1) is 6.92 Å². The number of nitrogens with one attached hydrogen (secondary N) is 1. The van der Waals surface area contributed by atoms with Crippen molar-refractivity contribution in [1.29, 1.82) is 0 Å². The molecule has 1 aliphatic rings. The third-order valence-corrected chi connectivity index (χ3v) is 2.77. The van der Waals surface area contributed by atoms with E-state index in [1.165, 1.54) is 0 Å². The molecule has 0 amide bonds. The van der Waals surface area contributed by atoms with Crippen LogP contribution in [0.4, 0.5) is 5.69 Å². The van der Waals surface area contributed by atoms with E-state index < -0.39 is 0 Å². The van der Waals surface area contributed by atoms with Crippen molar-refractivity contribution in [3.8, 4) is 0 Å². The van der Waals surface area contributed by atoms with E-state index in [0.29, 0.717) is 23.6 Å². The SMILES string of the molecule is Cc1ccc2c(c1Cl)C(=O)CCN2. The summed E-state index contributed by atoms with van der Waals surface area (Å²) < 4.78 is 0. The molecule has 0 saturated heterocycles. The first-order valence-corrected chi connectivity index (χ1v) is 4.64.